The second-order valence-corrected chi connectivity index (χ2v) is 13.7. The topological polar surface area (TPSA) is 83.5 Å². The van der Waals surface area contributed by atoms with Crippen LogP contribution in [0, 0.1) is 36.0 Å². The molecule has 7 heteroatoms. The summed E-state index contributed by atoms with van der Waals surface area (Å²) < 4.78 is 31.7. The second-order valence-electron chi connectivity index (χ2n) is 13.7. The fraction of sp³-hybridized carbons (Fsp3) is 0.615. The Bertz CT molecular complexity index is 1260. The number of hydrogen-bond donors (Lipinski definition) is 1. The number of rotatable bonds is 14. The number of methoxy groups -OCH3 is 1. The van der Waals surface area contributed by atoms with E-state index in [1.807, 2.05) is 49.4 Å². The largest absolute Gasteiger partial charge is 0.497 e. The Morgan fingerprint density at radius 3 is 2.39 bits per heavy atom. The highest BCUT2D eigenvalue weighted by atomic mass is 16.7. The maximum Gasteiger partial charge on any atom is 0.338 e. The Morgan fingerprint density at radius 2 is 1.76 bits per heavy atom. The summed E-state index contributed by atoms with van der Waals surface area (Å²) in [5.74, 6) is 2.53. The molecule has 2 aliphatic rings. The standard InChI is InChI=1S/C39H54O7/c1-8-30(21-26(3)4)34(40)23-36-28(6)37(44-38(41)31-13-11-10-12-14-31)24-39(46-36)20-19-27(5)35(45-39)22-32(9-2)43-25-29-15-17-33(42-7)18-16-29/h1,10-18,26-28,30,32,34-37,40H,9,19-25H2,2-7H3/t27-,28+,30+,32+,34+,35-,36-,37-,39+/m0/s1. The summed E-state index contributed by atoms with van der Waals surface area (Å²) in [5, 5.41) is 11.3. The highest BCUT2D eigenvalue weighted by Gasteiger charge is 2.52. The third kappa shape index (κ3) is 9.58. The number of hydrogen-bond acceptors (Lipinski definition) is 7. The molecule has 0 unspecified atom stereocenters. The van der Waals surface area contributed by atoms with Crippen molar-refractivity contribution in [2.24, 2.45) is 23.7 Å². The van der Waals surface area contributed by atoms with Crippen molar-refractivity contribution in [3.05, 3.63) is 65.7 Å². The smallest absolute Gasteiger partial charge is 0.338 e. The number of terminal acetylenes is 1. The molecule has 2 fully saturated rings. The summed E-state index contributed by atoms with van der Waals surface area (Å²) in [6.07, 6.45) is 8.83. The van der Waals surface area contributed by atoms with Gasteiger partial charge in [-0.25, -0.2) is 4.79 Å². The van der Waals surface area contributed by atoms with Crippen LogP contribution in [-0.4, -0.2) is 54.5 Å². The molecule has 0 saturated carbocycles. The molecule has 0 aliphatic carbocycles. The van der Waals surface area contributed by atoms with Crippen LogP contribution in [0.25, 0.3) is 0 Å². The molecule has 2 aromatic rings. The number of ether oxygens (including phenoxy) is 5. The molecule has 7 nitrogen and oxygen atoms in total. The first-order valence-electron chi connectivity index (χ1n) is 17.1. The number of esters is 1. The van der Waals surface area contributed by atoms with Crippen molar-refractivity contribution >= 4 is 5.97 Å². The number of carbonyl (C=O) groups excluding carboxylic acids is 1. The molecule has 1 spiro atoms. The average Bonchev–Trinajstić information content (AvgIpc) is 3.06. The van der Waals surface area contributed by atoms with Gasteiger partial charge in [0.15, 0.2) is 5.79 Å². The highest BCUT2D eigenvalue weighted by molar-refractivity contribution is 5.89. The first-order valence-corrected chi connectivity index (χ1v) is 17.1. The predicted octanol–water partition coefficient (Wildman–Crippen LogP) is 7.59. The SMILES string of the molecule is C#C[C@H](CC(C)C)[C@H](O)C[C@@H]1O[C@]2(CC[C@H](C)[C@H](C[C@@H](CC)OCc3ccc(OC)cc3)O2)C[C@H](OC(=O)c2ccccc2)[C@@H]1C. The lowest BCUT2D eigenvalue weighted by Crippen LogP contribution is -2.58. The summed E-state index contributed by atoms with van der Waals surface area (Å²) in [5.41, 5.74) is 1.59. The zero-order valence-electron chi connectivity index (χ0n) is 28.5. The first-order chi connectivity index (χ1) is 22.1. The molecule has 1 N–H and O–H groups in total. The van der Waals surface area contributed by atoms with Crippen LogP contribution >= 0.6 is 0 Å². The lowest BCUT2D eigenvalue weighted by Gasteiger charge is -2.52. The van der Waals surface area contributed by atoms with Crippen LogP contribution in [0.2, 0.25) is 0 Å². The molecule has 2 aliphatic heterocycles. The lowest BCUT2D eigenvalue weighted by atomic mass is 9.79. The van der Waals surface area contributed by atoms with E-state index < -0.39 is 24.1 Å². The summed E-state index contributed by atoms with van der Waals surface area (Å²) in [7, 11) is 1.66. The molecular weight excluding hydrogens is 580 g/mol. The van der Waals surface area contributed by atoms with E-state index in [2.05, 4.69) is 33.6 Å². The number of aliphatic hydroxyl groups is 1. The van der Waals surface area contributed by atoms with Gasteiger partial charge < -0.3 is 28.8 Å². The van der Waals surface area contributed by atoms with Crippen LogP contribution in [0.5, 0.6) is 5.75 Å². The van der Waals surface area contributed by atoms with Crippen molar-refractivity contribution in [3.8, 4) is 18.1 Å². The Balaban J connectivity index is 1.51. The fourth-order valence-electron chi connectivity index (χ4n) is 6.75. The molecular formula is C39H54O7. The Morgan fingerprint density at radius 1 is 1.07 bits per heavy atom. The van der Waals surface area contributed by atoms with Gasteiger partial charge in [-0.15, -0.1) is 12.3 Å². The molecule has 46 heavy (non-hydrogen) atoms. The van der Waals surface area contributed by atoms with Crippen molar-refractivity contribution in [1.29, 1.82) is 0 Å². The molecule has 2 saturated heterocycles. The van der Waals surface area contributed by atoms with Crippen molar-refractivity contribution in [2.45, 2.75) is 122 Å². The quantitative estimate of drug-likeness (QED) is 0.169. The van der Waals surface area contributed by atoms with Crippen molar-refractivity contribution in [2.75, 3.05) is 7.11 Å². The van der Waals surface area contributed by atoms with E-state index in [-0.39, 0.29) is 30.0 Å². The number of aliphatic hydroxyl groups excluding tert-OH is 1. The molecule has 2 heterocycles. The van der Waals surface area contributed by atoms with Crippen molar-refractivity contribution < 1.29 is 33.6 Å². The van der Waals surface area contributed by atoms with Gasteiger partial charge in [0.1, 0.15) is 11.9 Å². The van der Waals surface area contributed by atoms with Gasteiger partial charge in [0.2, 0.25) is 0 Å². The van der Waals surface area contributed by atoms with E-state index in [0.717, 1.165) is 37.0 Å². The van der Waals surface area contributed by atoms with Crippen LogP contribution in [0.4, 0.5) is 0 Å². The zero-order valence-corrected chi connectivity index (χ0v) is 28.5. The number of carbonyl (C=O) groups is 1. The molecule has 2 aromatic carbocycles. The van der Waals surface area contributed by atoms with E-state index in [4.69, 9.17) is 30.1 Å². The minimum atomic E-state index is -0.937. The molecule has 0 radical (unpaired) electrons. The fourth-order valence-corrected chi connectivity index (χ4v) is 6.75. The number of benzene rings is 2. The summed E-state index contributed by atoms with van der Waals surface area (Å²) in [6, 6.07) is 17.0. The predicted molar refractivity (Wildman–Crippen MR) is 179 cm³/mol. The van der Waals surface area contributed by atoms with Crippen LogP contribution < -0.4 is 4.74 Å². The van der Waals surface area contributed by atoms with E-state index in [0.29, 0.717) is 43.3 Å². The third-order valence-electron chi connectivity index (χ3n) is 9.77. The lowest BCUT2D eigenvalue weighted by molar-refractivity contribution is -0.349. The van der Waals surface area contributed by atoms with E-state index in [1.165, 1.54) is 0 Å². The van der Waals surface area contributed by atoms with E-state index in [1.54, 1.807) is 19.2 Å². The zero-order chi connectivity index (χ0) is 33.3. The maximum absolute atomic E-state index is 13.3. The first kappa shape index (κ1) is 36.0. The highest BCUT2D eigenvalue weighted by Crippen LogP contribution is 2.46. The van der Waals surface area contributed by atoms with Crippen molar-refractivity contribution in [3.63, 3.8) is 0 Å². The molecule has 0 amide bonds. The van der Waals surface area contributed by atoms with E-state index in [9.17, 15) is 9.90 Å². The molecule has 9 atom stereocenters. The van der Waals surface area contributed by atoms with Gasteiger partial charge in [0, 0.05) is 37.5 Å². The van der Waals surface area contributed by atoms with Gasteiger partial charge in [-0.1, -0.05) is 65.0 Å². The van der Waals surface area contributed by atoms with Crippen LogP contribution in [0.15, 0.2) is 54.6 Å². The van der Waals surface area contributed by atoms with Gasteiger partial charge in [-0.05, 0) is 60.9 Å². The molecule has 0 bridgehead atoms. The Kier molecular flexibility index (Phi) is 13.1. The van der Waals surface area contributed by atoms with Crippen LogP contribution in [0.3, 0.4) is 0 Å². The average molecular weight is 635 g/mol. The minimum absolute atomic E-state index is 0.00367. The Labute approximate surface area is 276 Å². The summed E-state index contributed by atoms with van der Waals surface area (Å²) in [6.45, 7) is 11.1. The van der Waals surface area contributed by atoms with Crippen LogP contribution in [0.1, 0.15) is 95.5 Å². The van der Waals surface area contributed by atoms with Crippen LogP contribution in [-0.2, 0) is 25.6 Å². The molecule has 4 rings (SSSR count). The third-order valence-corrected chi connectivity index (χ3v) is 9.77. The maximum atomic E-state index is 13.3. The second kappa shape index (κ2) is 16.8. The van der Waals surface area contributed by atoms with Gasteiger partial charge in [-0.2, -0.15) is 0 Å². The van der Waals surface area contributed by atoms with Gasteiger partial charge in [0.05, 0.1) is 43.7 Å². The van der Waals surface area contributed by atoms with Gasteiger partial charge in [0.25, 0.3) is 0 Å². The minimum Gasteiger partial charge on any atom is -0.497 e. The van der Waals surface area contributed by atoms with Gasteiger partial charge in [-0.3, -0.25) is 0 Å². The van der Waals surface area contributed by atoms with Gasteiger partial charge >= 0.3 is 5.97 Å². The summed E-state index contributed by atoms with van der Waals surface area (Å²) >= 11 is 0. The van der Waals surface area contributed by atoms with Crippen molar-refractivity contribution in [1.82, 2.24) is 0 Å². The van der Waals surface area contributed by atoms with E-state index >= 15 is 0 Å². The Hall–Kier alpha value is -2.89. The summed E-state index contributed by atoms with van der Waals surface area (Å²) in [4.78, 5) is 13.3. The normalized spacial score (nSPS) is 28.3. The monoisotopic (exact) mass is 634 g/mol. The molecule has 0 aromatic heterocycles. The molecule has 252 valence electrons.